The minimum absolute atomic E-state index is 0.00948. The van der Waals surface area contributed by atoms with Crippen molar-refractivity contribution in [2.75, 3.05) is 11.5 Å². The van der Waals surface area contributed by atoms with E-state index in [2.05, 4.69) is 10.3 Å². The monoisotopic (exact) mass is 537 g/mol. The zero-order valence-electron chi connectivity index (χ0n) is 22.1. The van der Waals surface area contributed by atoms with E-state index >= 15 is 0 Å². The first-order valence-electron chi connectivity index (χ1n) is 11.9. The fraction of sp³-hybridized carbons (Fsp3) is 0.520. The summed E-state index contributed by atoms with van der Waals surface area (Å²) in [5.74, 6) is -1.28. The highest BCUT2D eigenvalue weighted by molar-refractivity contribution is 7.53. The average molecular weight is 538 g/mol. The predicted octanol–water partition coefficient (Wildman–Crippen LogP) is 4.83. The molecule has 2 rings (SSSR count). The first kappa shape index (κ1) is 30.2. The molecule has 0 unspecified atom stereocenters. The van der Waals surface area contributed by atoms with E-state index in [9.17, 15) is 18.9 Å². The molecule has 0 aliphatic carbocycles. The molecule has 37 heavy (non-hydrogen) atoms. The van der Waals surface area contributed by atoms with Gasteiger partial charge in [0.25, 0.3) is 0 Å². The quantitative estimate of drug-likeness (QED) is 0.385. The Hall–Kier alpha value is -3.01. The van der Waals surface area contributed by atoms with Crippen molar-refractivity contribution in [1.29, 1.82) is 0 Å². The number of rotatable bonds is 11. The Kier molecular flexibility index (Phi) is 10.2. The summed E-state index contributed by atoms with van der Waals surface area (Å²) in [5.41, 5.74) is -1.13. The smallest absolute Gasteiger partial charge is 0.413 e. The van der Waals surface area contributed by atoms with E-state index < -0.39 is 43.1 Å². The van der Waals surface area contributed by atoms with E-state index in [-0.39, 0.29) is 31.4 Å². The molecule has 0 fully saturated rings. The van der Waals surface area contributed by atoms with Gasteiger partial charge in [-0.2, -0.15) is 4.98 Å². The summed E-state index contributed by atoms with van der Waals surface area (Å²) in [7, 11) is -3.53. The van der Waals surface area contributed by atoms with Crippen molar-refractivity contribution in [3.05, 3.63) is 58.1 Å². The highest BCUT2D eigenvalue weighted by Gasteiger charge is 2.34. The Morgan fingerprint density at radius 2 is 1.65 bits per heavy atom. The minimum atomic E-state index is -3.53. The third-order valence-corrected chi connectivity index (χ3v) is 7.03. The van der Waals surface area contributed by atoms with Crippen LogP contribution in [0.1, 0.15) is 59.1 Å². The summed E-state index contributed by atoms with van der Waals surface area (Å²) >= 11 is 0. The lowest BCUT2D eigenvalue weighted by Gasteiger charge is -2.32. The Labute approximate surface area is 216 Å². The standard InChI is InChI=1S/C25H36N3O8P/c1-24(2,3)35-37(33,36-25(4,5)6)14-10-13-19-15-28(16-20(29)30)22(31)26-21(19)27-23(32)34-17-18-11-8-7-9-12-18/h7-9,11-12,15H,10,13-14,16-17H2,1-6H3,(H,29,30)(H,26,27,31,32). The zero-order valence-corrected chi connectivity index (χ0v) is 23.0. The molecule has 204 valence electrons. The summed E-state index contributed by atoms with van der Waals surface area (Å²) in [6.45, 7) is 10.1. The first-order valence-corrected chi connectivity index (χ1v) is 13.6. The van der Waals surface area contributed by atoms with E-state index in [1.165, 1.54) is 6.20 Å². The predicted molar refractivity (Wildman–Crippen MR) is 139 cm³/mol. The number of aliphatic carboxylic acids is 1. The number of hydrogen-bond acceptors (Lipinski definition) is 8. The summed E-state index contributed by atoms with van der Waals surface area (Å²) in [6, 6.07) is 9.04. The second kappa shape index (κ2) is 12.5. The molecule has 0 saturated heterocycles. The maximum atomic E-state index is 13.5. The molecular weight excluding hydrogens is 501 g/mol. The van der Waals surface area contributed by atoms with Crippen molar-refractivity contribution < 1.29 is 33.0 Å². The van der Waals surface area contributed by atoms with E-state index in [0.717, 1.165) is 10.1 Å². The van der Waals surface area contributed by atoms with Crippen molar-refractivity contribution >= 4 is 25.5 Å². The molecule has 12 heteroatoms. The molecule has 2 aromatic rings. The molecule has 0 aliphatic rings. The summed E-state index contributed by atoms with van der Waals surface area (Å²) < 4.78 is 31.2. The summed E-state index contributed by atoms with van der Waals surface area (Å²) in [4.78, 5) is 39.8. The summed E-state index contributed by atoms with van der Waals surface area (Å²) in [5, 5.41) is 11.6. The van der Waals surface area contributed by atoms with Crippen molar-refractivity contribution in [1.82, 2.24) is 9.55 Å². The molecule has 1 heterocycles. The Balaban J connectivity index is 2.22. The lowest BCUT2D eigenvalue weighted by atomic mass is 10.2. The van der Waals surface area contributed by atoms with Crippen LogP contribution in [0.2, 0.25) is 0 Å². The number of carboxylic acids is 1. The van der Waals surface area contributed by atoms with Gasteiger partial charge in [0.2, 0.25) is 0 Å². The maximum absolute atomic E-state index is 13.5. The highest BCUT2D eigenvalue weighted by atomic mass is 31.2. The zero-order chi connectivity index (χ0) is 27.9. The first-order chi connectivity index (χ1) is 17.1. The molecule has 0 radical (unpaired) electrons. The Morgan fingerprint density at radius 1 is 1.05 bits per heavy atom. The van der Waals surface area contributed by atoms with E-state index in [0.29, 0.717) is 5.56 Å². The number of hydrogen-bond donors (Lipinski definition) is 2. The normalized spacial score (nSPS) is 12.3. The Morgan fingerprint density at radius 3 is 2.19 bits per heavy atom. The fourth-order valence-corrected chi connectivity index (χ4v) is 5.78. The SMILES string of the molecule is CC(C)(C)OP(=O)(CCCc1cn(CC(=O)O)c(=O)nc1NC(=O)OCc1ccccc1)OC(C)(C)C. The number of aromatic nitrogens is 2. The van der Waals surface area contributed by atoms with E-state index in [4.69, 9.17) is 18.9 Å². The van der Waals surface area contributed by atoms with Gasteiger partial charge in [0.05, 0.1) is 17.4 Å². The van der Waals surface area contributed by atoms with Crippen LogP contribution in [-0.2, 0) is 42.7 Å². The van der Waals surface area contributed by atoms with Gasteiger partial charge < -0.3 is 18.9 Å². The number of ether oxygens (including phenoxy) is 1. The van der Waals surface area contributed by atoms with E-state index in [1.54, 1.807) is 53.7 Å². The number of carbonyl (C=O) groups is 2. The van der Waals surface area contributed by atoms with Crippen LogP contribution >= 0.6 is 7.60 Å². The number of amides is 1. The third-order valence-electron chi connectivity index (χ3n) is 4.51. The van der Waals surface area contributed by atoms with Crippen LogP contribution in [0.15, 0.2) is 41.3 Å². The maximum Gasteiger partial charge on any atom is 0.413 e. The van der Waals surface area contributed by atoms with Gasteiger partial charge in [-0.05, 0) is 59.9 Å². The Bertz CT molecular complexity index is 1160. The lowest BCUT2D eigenvalue weighted by Crippen LogP contribution is -2.29. The fourth-order valence-electron chi connectivity index (χ4n) is 3.35. The van der Waals surface area contributed by atoms with Crippen LogP contribution in [0.3, 0.4) is 0 Å². The van der Waals surface area contributed by atoms with Crippen molar-refractivity contribution in [3.63, 3.8) is 0 Å². The molecule has 2 N–H and O–H groups in total. The van der Waals surface area contributed by atoms with Gasteiger partial charge in [-0.25, -0.2) is 9.59 Å². The van der Waals surface area contributed by atoms with Gasteiger partial charge in [-0.15, -0.1) is 0 Å². The van der Waals surface area contributed by atoms with Crippen LogP contribution in [0, 0.1) is 0 Å². The van der Waals surface area contributed by atoms with Gasteiger partial charge in [0.1, 0.15) is 19.0 Å². The van der Waals surface area contributed by atoms with Crippen molar-refractivity contribution in [2.45, 2.75) is 78.7 Å². The minimum Gasteiger partial charge on any atom is -0.480 e. The van der Waals surface area contributed by atoms with Gasteiger partial charge >= 0.3 is 25.3 Å². The second-order valence-corrected chi connectivity index (χ2v) is 12.5. The van der Waals surface area contributed by atoms with Crippen LogP contribution in [-0.4, -0.2) is 44.1 Å². The third kappa shape index (κ3) is 11.3. The molecule has 1 aromatic heterocycles. The number of anilines is 1. The highest BCUT2D eigenvalue weighted by Crippen LogP contribution is 2.54. The van der Waals surface area contributed by atoms with Crippen molar-refractivity contribution in [3.8, 4) is 0 Å². The number of nitrogens with one attached hydrogen (secondary N) is 1. The van der Waals surface area contributed by atoms with Crippen molar-refractivity contribution in [2.24, 2.45) is 0 Å². The number of carboxylic acid groups (broad SMARTS) is 1. The number of carbonyl (C=O) groups excluding carboxylic acids is 1. The largest absolute Gasteiger partial charge is 0.480 e. The molecule has 0 spiro atoms. The van der Waals surface area contributed by atoms with Crippen LogP contribution in [0.5, 0.6) is 0 Å². The average Bonchev–Trinajstić information content (AvgIpc) is 2.72. The second-order valence-electron chi connectivity index (χ2n) is 10.5. The molecule has 0 saturated carbocycles. The lowest BCUT2D eigenvalue weighted by molar-refractivity contribution is -0.137. The molecule has 0 bridgehead atoms. The number of benzene rings is 1. The van der Waals surface area contributed by atoms with Gasteiger partial charge in [-0.1, -0.05) is 30.3 Å². The molecule has 0 aliphatic heterocycles. The topological polar surface area (TPSA) is 146 Å². The van der Waals surface area contributed by atoms with Crippen LogP contribution < -0.4 is 11.0 Å². The van der Waals surface area contributed by atoms with Crippen LogP contribution in [0.4, 0.5) is 10.6 Å². The molecule has 0 atom stereocenters. The summed E-state index contributed by atoms with van der Waals surface area (Å²) in [6.07, 6.45) is 1.02. The number of aryl methyl sites for hydroxylation is 1. The van der Waals surface area contributed by atoms with Crippen LogP contribution in [0.25, 0.3) is 0 Å². The molecule has 11 nitrogen and oxygen atoms in total. The molecule has 1 amide bonds. The molecular formula is C25H36N3O8P. The number of nitrogens with zero attached hydrogens (tertiary/aromatic N) is 2. The van der Waals surface area contributed by atoms with Gasteiger partial charge in [-0.3, -0.25) is 19.2 Å². The molecule has 1 aromatic carbocycles. The van der Waals surface area contributed by atoms with E-state index in [1.807, 2.05) is 18.2 Å². The van der Waals surface area contributed by atoms with Gasteiger partial charge in [0.15, 0.2) is 0 Å². The van der Waals surface area contributed by atoms with Gasteiger partial charge in [0, 0.05) is 11.8 Å².